The molecule has 0 radical (unpaired) electrons. The van der Waals surface area contributed by atoms with Gasteiger partial charge in [0, 0.05) is 30.6 Å². The number of ether oxygens (including phenoxy) is 1. The average molecular weight is 253 g/mol. The highest BCUT2D eigenvalue weighted by atomic mass is 35.7. The van der Waals surface area contributed by atoms with Crippen LogP contribution in [0, 0.1) is 0 Å². The Labute approximate surface area is 83.6 Å². The fraction of sp³-hybridized carbons (Fsp3) is 1.00. The van der Waals surface area contributed by atoms with Crippen molar-refractivity contribution >= 4 is 19.7 Å². The molecule has 0 aromatic heterocycles. The van der Waals surface area contributed by atoms with Crippen molar-refractivity contribution in [2.45, 2.75) is 29.9 Å². The van der Waals surface area contributed by atoms with Crippen molar-refractivity contribution in [2.24, 2.45) is 0 Å². The second-order valence-electron chi connectivity index (χ2n) is 3.20. The zero-order chi connectivity index (χ0) is 11.2. The monoisotopic (exact) mass is 252 g/mol. The normalized spacial score (nSPS) is 33.9. The van der Waals surface area contributed by atoms with Crippen LogP contribution >= 0.6 is 10.7 Å². The van der Waals surface area contributed by atoms with E-state index in [2.05, 4.69) is 4.74 Å². The summed E-state index contributed by atoms with van der Waals surface area (Å²) in [7, 11) is 1.91. The first-order chi connectivity index (χ1) is 6.12. The van der Waals surface area contributed by atoms with Gasteiger partial charge in [0.15, 0.2) is 5.60 Å². The lowest BCUT2D eigenvalue weighted by molar-refractivity contribution is -0.294. The van der Waals surface area contributed by atoms with Crippen LogP contribution in [0.15, 0.2) is 0 Å². The molecular formula is C6H8ClF3O3S. The van der Waals surface area contributed by atoms with Crippen molar-refractivity contribution in [2.75, 3.05) is 7.11 Å². The van der Waals surface area contributed by atoms with Gasteiger partial charge >= 0.3 is 6.18 Å². The van der Waals surface area contributed by atoms with Gasteiger partial charge in [0.1, 0.15) is 0 Å². The molecule has 0 heterocycles. The fourth-order valence-corrected chi connectivity index (χ4v) is 2.70. The molecule has 0 unspecified atom stereocenters. The molecule has 0 N–H and O–H groups in total. The zero-order valence-corrected chi connectivity index (χ0v) is 8.71. The molecule has 1 aliphatic carbocycles. The maximum Gasteiger partial charge on any atom is 0.417 e. The molecule has 0 bridgehead atoms. The van der Waals surface area contributed by atoms with Gasteiger partial charge in [-0.3, -0.25) is 0 Å². The molecule has 0 amide bonds. The van der Waals surface area contributed by atoms with E-state index in [1.807, 2.05) is 0 Å². The molecule has 0 spiro atoms. The average Bonchev–Trinajstić information content (AvgIpc) is 1.78. The summed E-state index contributed by atoms with van der Waals surface area (Å²) in [6.07, 6.45) is -5.81. The molecule has 3 nitrogen and oxygen atoms in total. The minimum Gasteiger partial charge on any atom is -0.369 e. The van der Waals surface area contributed by atoms with Gasteiger partial charge in [0.2, 0.25) is 9.05 Å². The highest BCUT2D eigenvalue weighted by Gasteiger charge is 2.65. The molecule has 0 saturated heterocycles. The van der Waals surface area contributed by atoms with Crippen LogP contribution < -0.4 is 0 Å². The largest absolute Gasteiger partial charge is 0.417 e. The topological polar surface area (TPSA) is 43.4 Å². The third-order valence-corrected chi connectivity index (χ3v) is 4.31. The first-order valence-electron chi connectivity index (χ1n) is 3.68. The highest BCUT2D eigenvalue weighted by Crippen LogP contribution is 2.50. The first kappa shape index (κ1) is 12.1. The summed E-state index contributed by atoms with van der Waals surface area (Å²) in [6, 6.07) is 0. The minimum atomic E-state index is -4.56. The Kier molecular flexibility index (Phi) is 2.80. The van der Waals surface area contributed by atoms with E-state index in [1.54, 1.807) is 0 Å². The third kappa shape index (κ3) is 1.85. The van der Waals surface area contributed by atoms with Crippen molar-refractivity contribution in [1.29, 1.82) is 0 Å². The molecule has 1 aliphatic rings. The summed E-state index contributed by atoms with van der Waals surface area (Å²) in [5, 5.41) is -1.16. The zero-order valence-electron chi connectivity index (χ0n) is 7.14. The van der Waals surface area contributed by atoms with Gasteiger partial charge in [0.25, 0.3) is 0 Å². The van der Waals surface area contributed by atoms with Crippen molar-refractivity contribution in [3.05, 3.63) is 0 Å². The van der Waals surface area contributed by atoms with Crippen LogP contribution in [0.2, 0.25) is 0 Å². The quantitative estimate of drug-likeness (QED) is 0.702. The Morgan fingerprint density at radius 1 is 1.43 bits per heavy atom. The van der Waals surface area contributed by atoms with Crippen molar-refractivity contribution < 1.29 is 26.3 Å². The molecule has 0 aromatic carbocycles. The van der Waals surface area contributed by atoms with Crippen LogP contribution in [0.25, 0.3) is 0 Å². The Morgan fingerprint density at radius 2 is 1.86 bits per heavy atom. The van der Waals surface area contributed by atoms with Gasteiger partial charge in [-0.05, 0) is 0 Å². The Bertz CT molecular complexity index is 318. The molecule has 1 saturated carbocycles. The molecule has 0 aliphatic heterocycles. The molecule has 84 valence electrons. The van der Waals surface area contributed by atoms with Crippen molar-refractivity contribution in [3.63, 3.8) is 0 Å². The van der Waals surface area contributed by atoms with Crippen molar-refractivity contribution in [1.82, 2.24) is 0 Å². The summed E-state index contributed by atoms with van der Waals surface area (Å²) < 4.78 is 62.8. The van der Waals surface area contributed by atoms with Gasteiger partial charge in [-0.15, -0.1) is 0 Å². The van der Waals surface area contributed by atoms with Gasteiger partial charge in [-0.2, -0.15) is 13.2 Å². The molecule has 1 rings (SSSR count). The third-order valence-electron chi connectivity index (χ3n) is 2.42. The molecule has 0 aromatic rings. The van der Waals surface area contributed by atoms with E-state index in [9.17, 15) is 21.6 Å². The predicted octanol–water partition coefficient (Wildman–Crippen LogP) is 1.66. The van der Waals surface area contributed by atoms with E-state index in [-0.39, 0.29) is 0 Å². The number of rotatable bonds is 2. The van der Waals surface area contributed by atoms with E-state index in [1.165, 1.54) is 0 Å². The second kappa shape index (κ2) is 3.24. The number of methoxy groups -OCH3 is 1. The number of hydrogen-bond acceptors (Lipinski definition) is 3. The van der Waals surface area contributed by atoms with E-state index >= 15 is 0 Å². The van der Waals surface area contributed by atoms with Gasteiger partial charge in [-0.1, -0.05) is 0 Å². The molecule has 14 heavy (non-hydrogen) atoms. The molecule has 0 atom stereocenters. The van der Waals surface area contributed by atoms with Gasteiger partial charge in [-0.25, -0.2) is 8.42 Å². The summed E-state index contributed by atoms with van der Waals surface area (Å²) in [4.78, 5) is 0. The number of halogens is 4. The van der Waals surface area contributed by atoms with Crippen LogP contribution in [0.5, 0.6) is 0 Å². The summed E-state index contributed by atoms with van der Waals surface area (Å²) in [6.45, 7) is 0. The lowest BCUT2D eigenvalue weighted by Crippen LogP contribution is -2.60. The maximum absolute atomic E-state index is 12.4. The van der Waals surface area contributed by atoms with E-state index in [4.69, 9.17) is 10.7 Å². The van der Waals surface area contributed by atoms with Crippen molar-refractivity contribution in [3.8, 4) is 0 Å². The standard InChI is InChI=1S/C6H8ClF3O3S/c1-13-5(6(8,9)10)2-4(3-5)14(7,11)12/h4H,2-3H2,1H3. The molecule has 1 fully saturated rings. The Morgan fingerprint density at radius 3 is 2.07 bits per heavy atom. The number of hydrogen-bond donors (Lipinski definition) is 0. The lowest BCUT2D eigenvalue weighted by Gasteiger charge is -2.45. The SMILES string of the molecule is COC1(C(F)(F)F)CC(S(=O)(=O)Cl)C1. The van der Waals surface area contributed by atoms with Gasteiger partial charge in [0.05, 0.1) is 5.25 Å². The van der Waals surface area contributed by atoms with E-state index in [0.29, 0.717) is 0 Å². The van der Waals surface area contributed by atoms with E-state index in [0.717, 1.165) is 7.11 Å². The van der Waals surface area contributed by atoms with Crippen LogP contribution in [-0.2, 0) is 13.8 Å². The van der Waals surface area contributed by atoms with Gasteiger partial charge < -0.3 is 4.74 Å². The van der Waals surface area contributed by atoms with Crippen LogP contribution in [0.4, 0.5) is 13.2 Å². The fourth-order valence-electron chi connectivity index (χ4n) is 1.39. The summed E-state index contributed by atoms with van der Waals surface area (Å²) >= 11 is 0. The minimum absolute atomic E-state index is 0.626. The molecular weight excluding hydrogens is 245 g/mol. The first-order valence-corrected chi connectivity index (χ1v) is 6.05. The van der Waals surface area contributed by atoms with E-state index < -0.39 is 38.9 Å². The highest BCUT2D eigenvalue weighted by molar-refractivity contribution is 8.14. The van der Waals surface area contributed by atoms with Crippen LogP contribution in [0.3, 0.4) is 0 Å². The smallest absolute Gasteiger partial charge is 0.369 e. The molecule has 8 heteroatoms. The summed E-state index contributed by atoms with van der Waals surface area (Å²) in [5.41, 5.74) is -2.33. The maximum atomic E-state index is 12.4. The Hall–Kier alpha value is -0.0100. The number of alkyl halides is 3. The second-order valence-corrected chi connectivity index (χ2v) is 6.11. The van der Waals surface area contributed by atoms with Crippen LogP contribution in [-0.4, -0.2) is 32.6 Å². The summed E-state index contributed by atoms with van der Waals surface area (Å²) in [5.74, 6) is 0. The Balaban J connectivity index is 2.77. The predicted molar refractivity (Wildman–Crippen MR) is 43.6 cm³/mol. The lowest BCUT2D eigenvalue weighted by atomic mass is 9.79. The van der Waals surface area contributed by atoms with Crippen LogP contribution in [0.1, 0.15) is 12.8 Å².